The van der Waals surface area contributed by atoms with E-state index in [1.807, 2.05) is 24.3 Å². The molecule has 0 atom stereocenters. The Balaban J connectivity index is 1.18. The van der Waals surface area contributed by atoms with E-state index in [4.69, 9.17) is 18.3 Å². The molecule has 5 heteroatoms. The number of benzene rings is 3. The molecule has 206 valence electrons. The third-order valence-corrected chi connectivity index (χ3v) is 6.84. The topological polar surface area (TPSA) is 48.0 Å². The van der Waals surface area contributed by atoms with Crippen molar-refractivity contribution in [3.63, 3.8) is 0 Å². The van der Waals surface area contributed by atoms with E-state index in [0.29, 0.717) is 26.4 Å². The number of rotatable bonds is 15. The summed E-state index contributed by atoms with van der Waals surface area (Å²) in [4.78, 5) is 2.31. The van der Waals surface area contributed by atoms with Crippen LogP contribution < -0.4 is 4.90 Å². The van der Waals surface area contributed by atoms with Crippen LogP contribution in [-0.2, 0) is 35.5 Å². The molecule has 0 aliphatic rings. The van der Waals surface area contributed by atoms with E-state index < -0.39 is 0 Å². The first-order chi connectivity index (χ1) is 19.7. The highest BCUT2D eigenvalue weighted by molar-refractivity contribution is 5.76. The van der Waals surface area contributed by atoms with Crippen molar-refractivity contribution in [3.8, 4) is 0 Å². The number of hydrogen-bond acceptors (Lipinski definition) is 5. The lowest BCUT2D eigenvalue weighted by Gasteiger charge is -2.26. The molecule has 2 aromatic heterocycles. The van der Waals surface area contributed by atoms with Crippen molar-refractivity contribution in [2.45, 2.75) is 45.8 Å². The Bertz CT molecular complexity index is 1290. The van der Waals surface area contributed by atoms with Crippen molar-refractivity contribution in [2.75, 3.05) is 18.1 Å². The maximum atomic E-state index is 5.74. The van der Waals surface area contributed by atoms with Crippen molar-refractivity contribution < 1.29 is 18.3 Å². The van der Waals surface area contributed by atoms with E-state index in [-0.39, 0.29) is 0 Å². The smallest absolute Gasteiger partial charge is 0.129 e. The van der Waals surface area contributed by atoms with Crippen LogP contribution in [0.1, 0.15) is 41.1 Å². The lowest BCUT2D eigenvalue weighted by Crippen LogP contribution is -2.10. The fraction of sp³-hybridized carbons (Fsp3) is 0.257. The molecule has 2 heterocycles. The van der Waals surface area contributed by atoms with Crippen LogP contribution in [0.25, 0.3) is 0 Å². The van der Waals surface area contributed by atoms with Crippen LogP contribution in [0.3, 0.4) is 0 Å². The highest BCUT2D eigenvalue weighted by Gasteiger charge is 2.12. The number of hydrogen-bond donors (Lipinski definition) is 0. The molecule has 5 nitrogen and oxygen atoms in total. The molecule has 0 saturated carbocycles. The van der Waals surface area contributed by atoms with Crippen molar-refractivity contribution in [3.05, 3.63) is 138 Å². The Morgan fingerprint density at radius 3 is 1.38 bits per heavy atom. The monoisotopic (exact) mass is 535 g/mol. The van der Waals surface area contributed by atoms with Crippen LogP contribution in [0, 0.1) is 6.92 Å². The van der Waals surface area contributed by atoms with Gasteiger partial charge in [-0.3, -0.25) is 0 Å². The molecule has 0 aliphatic carbocycles. The van der Waals surface area contributed by atoms with Gasteiger partial charge in [-0.2, -0.15) is 0 Å². The number of nitrogens with zero attached hydrogens (tertiary/aromatic N) is 1. The van der Waals surface area contributed by atoms with E-state index >= 15 is 0 Å². The van der Waals surface area contributed by atoms with E-state index in [9.17, 15) is 0 Å². The predicted octanol–water partition coefficient (Wildman–Crippen LogP) is 8.95. The van der Waals surface area contributed by atoms with Gasteiger partial charge in [-0.1, -0.05) is 42.0 Å². The quantitative estimate of drug-likeness (QED) is 0.125. The van der Waals surface area contributed by atoms with Crippen LogP contribution in [-0.4, -0.2) is 13.2 Å². The Hall–Kier alpha value is -4.06. The molecule has 0 fully saturated rings. The second-order valence-electron chi connectivity index (χ2n) is 9.97. The highest BCUT2D eigenvalue weighted by Crippen LogP contribution is 2.35. The summed E-state index contributed by atoms with van der Waals surface area (Å²) in [6.07, 6.45) is 7.24. The van der Waals surface area contributed by atoms with Crippen molar-refractivity contribution in [1.82, 2.24) is 0 Å². The Morgan fingerprint density at radius 2 is 0.975 bits per heavy atom. The zero-order valence-electron chi connectivity index (χ0n) is 23.1. The Labute approximate surface area is 237 Å². The molecule has 0 bridgehead atoms. The first-order valence-corrected chi connectivity index (χ1v) is 14.0. The van der Waals surface area contributed by atoms with Gasteiger partial charge in [-0.05, 0) is 104 Å². The van der Waals surface area contributed by atoms with Gasteiger partial charge in [0.2, 0.25) is 0 Å². The lowest BCUT2D eigenvalue weighted by molar-refractivity contribution is 0.104. The molecule has 0 N–H and O–H groups in total. The molecule has 0 aliphatic heterocycles. The lowest BCUT2D eigenvalue weighted by atomic mass is 10.1. The SMILES string of the molecule is Cc1ccc(N(c2ccc(CCCOCc3ccco3)cc2)c2ccc(CCCOCc3ccco3)cc2)cc1. The van der Waals surface area contributed by atoms with E-state index in [2.05, 4.69) is 84.6 Å². The average molecular weight is 536 g/mol. The van der Waals surface area contributed by atoms with Gasteiger partial charge in [0.25, 0.3) is 0 Å². The Kier molecular flexibility index (Phi) is 9.87. The largest absolute Gasteiger partial charge is 0.467 e. The van der Waals surface area contributed by atoms with Gasteiger partial charge in [0, 0.05) is 30.3 Å². The molecule has 0 saturated heterocycles. The van der Waals surface area contributed by atoms with Crippen molar-refractivity contribution >= 4 is 17.1 Å². The van der Waals surface area contributed by atoms with Gasteiger partial charge in [0.1, 0.15) is 24.7 Å². The van der Waals surface area contributed by atoms with Gasteiger partial charge >= 0.3 is 0 Å². The summed E-state index contributed by atoms with van der Waals surface area (Å²) in [6.45, 7) is 4.58. The minimum absolute atomic E-state index is 0.524. The molecule has 5 aromatic rings. The first kappa shape index (κ1) is 27.5. The summed E-state index contributed by atoms with van der Waals surface area (Å²) in [5.41, 5.74) is 7.28. The van der Waals surface area contributed by atoms with Gasteiger partial charge in [0.05, 0.1) is 12.5 Å². The molecular formula is C35H37NO4. The second-order valence-corrected chi connectivity index (χ2v) is 9.97. The zero-order chi connectivity index (χ0) is 27.4. The fourth-order valence-electron chi connectivity index (χ4n) is 4.66. The molecular weight excluding hydrogens is 498 g/mol. The van der Waals surface area contributed by atoms with E-state index in [1.165, 1.54) is 16.7 Å². The second kappa shape index (κ2) is 14.4. The van der Waals surface area contributed by atoms with E-state index in [1.54, 1.807) is 12.5 Å². The van der Waals surface area contributed by atoms with Crippen molar-refractivity contribution in [1.29, 1.82) is 0 Å². The zero-order valence-corrected chi connectivity index (χ0v) is 23.1. The summed E-state index contributed by atoms with van der Waals surface area (Å²) in [7, 11) is 0. The molecule has 0 unspecified atom stereocenters. The van der Waals surface area contributed by atoms with Gasteiger partial charge in [-0.15, -0.1) is 0 Å². The van der Waals surface area contributed by atoms with Crippen LogP contribution >= 0.6 is 0 Å². The van der Waals surface area contributed by atoms with Crippen LogP contribution in [0.2, 0.25) is 0 Å². The summed E-state index contributed by atoms with van der Waals surface area (Å²) in [6, 6.07) is 34.1. The summed E-state index contributed by atoms with van der Waals surface area (Å²) in [5.74, 6) is 1.73. The minimum Gasteiger partial charge on any atom is -0.467 e. The number of ether oxygens (including phenoxy) is 2. The van der Waals surface area contributed by atoms with Crippen LogP contribution in [0.5, 0.6) is 0 Å². The Morgan fingerprint density at radius 1 is 0.550 bits per heavy atom. The van der Waals surface area contributed by atoms with Crippen molar-refractivity contribution in [2.24, 2.45) is 0 Å². The molecule has 3 aromatic carbocycles. The van der Waals surface area contributed by atoms with Crippen LogP contribution in [0.15, 0.2) is 118 Å². The summed E-state index contributed by atoms with van der Waals surface area (Å²) in [5, 5.41) is 0. The molecule has 0 radical (unpaired) electrons. The standard InChI is InChI=1S/C35H37NO4/c1-28-10-16-31(17-11-28)36(32-18-12-29(13-19-32)6-2-22-37-26-34-8-4-24-39-34)33-20-14-30(15-21-33)7-3-23-38-27-35-9-5-25-40-35/h4-5,8-21,24-25H,2-3,6-7,22-23,26-27H2,1H3. The van der Waals surface area contributed by atoms with Gasteiger partial charge in [0.15, 0.2) is 0 Å². The third-order valence-electron chi connectivity index (χ3n) is 6.84. The predicted molar refractivity (Wildman–Crippen MR) is 159 cm³/mol. The van der Waals surface area contributed by atoms with Gasteiger partial charge in [-0.25, -0.2) is 0 Å². The van der Waals surface area contributed by atoms with Crippen LogP contribution in [0.4, 0.5) is 17.1 Å². The average Bonchev–Trinajstić information content (AvgIpc) is 3.70. The number of anilines is 3. The normalized spacial score (nSPS) is 11.1. The minimum atomic E-state index is 0.524. The maximum Gasteiger partial charge on any atom is 0.129 e. The summed E-state index contributed by atoms with van der Waals surface area (Å²) >= 11 is 0. The molecule has 5 rings (SSSR count). The highest BCUT2D eigenvalue weighted by atomic mass is 16.5. The molecule has 0 amide bonds. The molecule has 40 heavy (non-hydrogen) atoms. The third kappa shape index (κ3) is 7.98. The maximum absolute atomic E-state index is 5.74. The van der Waals surface area contributed by atoms with E-state index in [0.717, 1.165) is 54.3 Å². The number of aryl methyl sites for hydroxylation is 3. The van der Waals surface area contributed by atoms with Gasteiger partial charge < -0.3 is 23.2 Å². The number of furan rings is 2. The summed E-state index contributed by atoms with van der Waals surface area (Å²) < 4.78 is 22.1. The fourth-order valence-corrected chi connectivity index (χ4v) is 4.66. The molecule has 0 spiro atoms. The first-order valence-electron chi connectivity index (χ1n) is 14.0.